The molecule has 0 aliphatic rings. The maximum Gasteiger partial charge on any atom is 0.335 e. The van der Waals surface area contributed by atoms with Crippen LogP contribution < -0.4 is 4.90 Å². The Labute approximate surface area is 156 Å². The lowest BCUT2D eigenvalue weighted by atomic mass is 10.0. The first kappa shape index (κ1) is 17.1. The maximum absolute atomic E-state index is 11.5. The fraction of sp³-hybridized carbons (Fsp3) is 0.182. The number of carboxylic acids is 1. The van der Waals surface area contributed by atoms with Crippen molar-refractivity contribution in [3.05, 3.63) is 60.3 Å². The molecule has 0 amide bonds. The highest BCUT2D eigenvalue weighted by Gasteiger charge is 2.19. The van der Waals surface area contributed by atoms with Crippen LogP contribution in [0.15, 0.2) is 59.1 Å². The van der Waals surface area contributed by atoms with Gasteiger partial charge in [-0.05, 0) is 44.2 Å². The number of carboxylic acid groups (broad SMARTS) is 1. The van der Waals surface area contributed by atoms with Crippen molar-refractivity contribution in [3.63, 3.8) is 0 Å². The van der Waals surface area contributed by atoms with Gasteiger partial charge in [0.05, 0.1) is 28.5 Å². The van der Waals surface area contributed by atoms with E-state index in [9.17, 15) is 9.90 Å². The van der Waals surface area contributed by atoms with Crippen LogP contribution in [0.25, 0.3) is 33.2 Å². The Morgan fingerprint density at radius 3 is 2.59 bits per heavy atom. The van der Waals surface area contributed by atoms with E-state index in [0.717, 1.165) is 46.2 Å². The molecule has 0 atom stereocenters. The van der Waals surface area contributed by atoms with Crippen LogP contribution in [-0.2, 0) is 0 Å². The van der Waals surface area contributed by atoms with Crippen molar-refractivity contribution in [2.45, 2.75) is 13.8 Å². The number of aromatic nitrogens is 1. The predicted molar refractivity (Wildman–Crippen MR) is 107 cm³/mol. The van der Waals surface area contributed by atoms with Gasteiger partial charge < -0.3 is 14.4 Å². The summed E-state index contributed by atoms with van der Waals surface area (Å²) in [5.74, 6) is -0.242. The Bertz CT molecular complexity index is 1110. The third-order valence-corrected chi connectivity index (χ3v) is 4.87. The third-order valence-electron chi connectivity index (χ3n) is 4.87. The zero-order chi connectivity index (χ0) is 19.0. The second-order valence-electron chi connectivity index (χ2n) is 6.38. The van der Waals surface area contributed by atoms with Gasteiger partial charge in [0, 0.05) is 23.9 Å². The van der Waals surface area contributed by atoms with Gasteiger partial charge in [0.1, 0.15) is 11.3 Å². The zero-order valence-electron chi connectivity index (χ0n) is 15.3. The van der Waals surface area contributed by atoms with Gasteiger partial charge in [-0.2, -0.15) is 0 Å². The monoisotopic (exact) mass is 360 g/mol. The predicted octanol–water partition coefficient (Wildman–Crippen LogP) is 5.19. The smallest absolute Gasteiger partial charge is 0.335 e. The van der Waals surface area contributed by atoms with Crippen LogP contribution in [0.4, 0.5) is 5.69 Å². The van der Waals surface area contributed by atoms with E-state index in [0.29, 0.717) is 5.76 Å². The molecule has 1 N–H and O–H groups in total. The largest absolute Gasteiger partial charge is 0.478 e. The highest BCUT2D eigenvalue weighted by atomic mass is 16.4. The molecule has 27 heavy (non-hydrogen) atoms. The lowest BCUT2D eigenvalue weighted by Crippen LogP contribution is -2.22. The molecule has 0 radical (unpaired) electrons. The molecule has 5 nitrogen and oxygen atoms in total. The summed E-state index contributed by atoms with van der Waals surface area (Å²) in [6, 6.07) is 14.9. The van der Waals surface area contributed by atoms with Crippen LogP contribution in [-0.4, -0.2) is 29.1 Å². The van der Waals surface area contributed by atoms with E-state index >= 15 is 0 Å². The highest BCUT2D eigenvalue weighted by molar-refractivity contribution is 6.04. The number of anilines is 1. The quantitative estimate of drug-likeness (QED) is 0.530. The van der Waals surface area contributed by atoms with Crippen LogP contribution in [0.3, 0.4) is 0 Å². The van der Waals surface area contributed by atoms with E-state index < -0.39 is 5.97 Å². The van der Waals surface area contributed by atoms with Crippen molar-refractivity contribution in [2.24, 2.45) is 0 Å². The van der Waals surface area contributed by atoms with Crippen molar-refractivity contribution in [1.29, 1.82) is 0 Å². The molecule has 5 heteroatoms. The zero-order valence-corrected chi connectivity index (χ0v) is 15.3. The second kappa shape index (κ2) is 6.76. The fourth-order valence-electron chi connectivity index (χ4n) is 3.48. The molecule has 2 aromatic carbocycles. The average molecular weight is 360 g/mol. The van der Waals surface area contributed by atoms with E-state index in [1.54, 1.807) is 18.2 Å². The van der Waals surface area contributed by atoms with E-state index in [-0.39, 0.29) is 5.56 Å². The summed E-state index contributed by atoms with van der Waals surface area (Å²) in [6.45, 7) is 5.80. The number of hydrogen-bond acceptors (Lipinski definition) is 4. The van der Waals surface area contributed by atoms with Crippen molar-refractivity contribution < 1.29 is 14.3 Å². The van der Waals surface area contributed by atoms with Gasteiger partial charge >= 0.3 is 5.97 Å². The lowest BCUT2D eigenvalue weighted by Gasteiger charge is -2.24. The molecule has 0 fully saturated rings. The molecule has 2 aromatic heterocycles. The Hall–Kier alpha value is -3.34. The lowest BCUT2D eigenvalue weighted by molar-refractivity contribution is 0.0697. The number of carbonyl (C=O) groups is 1. The van der Waals surface area contributed by atoms with E-state index in [4.69, 9.17) is 4.42 Å². The molecule has 0 saturated heterocycles. The number of furan rings is 1. The average Bonchev–Trinajstić information content (AvgIpc) is 3.11. The summed E-state index contributed by atoms with van der Waals surface area (Å²) in [4.78, 5) is 18.3. The highest BCUT2D eigenvalue weighted by Crippen LogP contribution is 2.39. The van der Waals surface area contributed by atoms with E-state index in [1.807, 2.05) is 36.5 Å². The Morgan fingerprint density at radius 2 is 1.89 bits per heavy atom. The maximum atomic E-state index is 11.5. The molecule has 4 aromatic rings. The minimum Gasteiger partial charge on any atom is -0.478 e. The van der Waals surface area contributed by atoms with E-state index in [2.05, 4.69) is 23.7 Å². The van der Waals surface area contributed by atoms with Crippen LogP contribution in [0, 0.1) is 0 Å². The minimum atomic E-state index is -0.958. The number of para-hydroxylation sites is 1. The SMILES string of the molecule is CCN(CC)c1cnc2ccc(C(=O)O)cc2c1-c1cc2ccccc2o1. The van der Waals surface area contributed by atoms with E-state index in [1.165, 1.54) is 0 Å². The van der Waals surface area contributed by atoms with Gasteiger partial charge in [-0.1, -0.05) is 18.2 Å². The number of nitrogens with zero attached hydrogens (tertiary/aromatic N) is 2. The minimum absolute atomic E-state index is 0.235. The van der Waals surface area contributed by atoms with Gasteiger partial charge in [-0.3, -0.25) is 4.98 Å². The van der Waals surface area contributed by atoms with Gasteiger partial charge in [-0.25, -0.2) is 4.79 Å². The first-order valence-electron chi connectivity index (χ1n) is 9.02. The van der Waals surface area contributed by atoms with Crippen molar-refractivity contribution in [3.8, 4) is 11.3 Å². The summed E-state index contributed by atoms with van der Waals surface area (Å²) in [5.41, 5.74) is 3.60. The number of rotatable bonds is 5. The van der Waals surface area contributed by atoms with Crippen LogP contribution in [0.2, 0.25) is 0 Å². The molecule has 0 spiro atoms. The number of fused-ring (bicyclic) bond motifs is 2. The normalized spacial score (nSPS) is 11.2. The Kier molecular flexibility index (Phi) is 4.28. The summed E-state index contributed by atoms with van der Waals surface area (Å²) < 4.78 is 6.14. The van der Waals surface area contributed by atoms with Crippen molar-refractivity contribution >= 4 is 33.5 Å². The molecular weight excluding hydrogens is 340 g/mol. The first-order chi connectivity index (χ1) is 13.1. The van der Waals surface area contributed by atoms with Gasteiger partial charge in [0.2, 0.25) is 0 Å². The number of hydrogen-bond donors (Lipinski definition) is 1. The van der Waals surface area contributed by atoms with Crippen molar-refractivity contribution in [1.82, 2.24) is 4.98 Å². The third kappa shape index (κ3) is 2.91. The molecule has 136 valence electrons. The standard InChI is InChI=1S/C22H20N2O3/c1-3-24(4-2)18-13-23-17-10-9-15(22(25)26)11-16(17)21(18)20-12-14-7-5-6-8-19(14)27-20/h5-13H,3-4H2,1-2H3,(H,25,26). The number of aromatic carboxylic acids is 1. The van der Waals surface area contributed by atoms with Gasteiger partial charge in [0.25, 0.3) is 0 Å². The molecule has 0 aliphatic heterocycles. The number of pyridine rings is 1. The fourth-order valence-corrected chi connectivity index (χ4v) is 3.48. The summed E-state index contributed by atoms with van der Waals surface area (Å²) in [6.07, 6.45) is 1.85. The first-order valence-corrected chi connectivity index (χ1v) is 9.02. The van der Waals surface area contributed by atoms with Crippen LogP contribution in [0.5, 0.6) is 0 Å². The molecule has 0 aliphatic carbocycles. The van der Waals surface area contributed by atoms with Gasteiger partial charge in [0.15, 0.2) is 0 Å². The summed E-state index contributed by atoms with van der Waals surface area (Å²) in [7, 11) is 0. The molecular formula is C22H20N2O3. The Balaban J connectivity index is 2.07. The number of benzene rings is 2. The second-order valence-corrected chi connectivity index (χ2v) is 6.38. The summed E-state index contributed by atoms with van der Waals surface area (Å²) in [5, 5.41) is 11.2. The Morgan fingerprint density at radius 1 is 1.11 bits per heavy atom. The summed E-state index contributed by atoms with van der Waals surface area (Å²) >= 11 is 0. The molecule has 4 rings (SSSR count). The van der Waals surface area contributed by atoms with Crippen molar-refractivity contribution in [2.75, 3.05) is 18.0 Å². The molecule has 0 saturated carbocycles. The van der Waals surface area contributed by atoms with Crippen LogP contribution in [0.1, 0.15) is 24.2 Å². The molecule has 0 bridgehead atoms. The van der Waals surface area contributed by atoms with Crippen LogP contribution >= 0.6 is 0 Å². The van der Waals surface area contributed by atoms with Gasteiger partial charge in [-0.15, -0.1) is 0 Å². The topological polar surface area (TPSA) is 66.6 Å². The molecule has 2 heterocycles. The molecule has 0 unspecified atom stereocenters.